The molecule has 1 heterocycles. The van der Waals surface area contributed by atoms with Crippen LogP contribution in [0.1, 0.15) is 11.3 Å². The van der Waals surface area contributed by atoms with Gasteiger partial charge in [-0.3, -0.25) is 4.55 Å². The number of aryl methyl sites for hydroxylation is 2. The van der Waals surface area contributed by atoms with Crippen LogP contribution in [0.2, 0.25) is 0 Å². The Morgan fingerprint density at radius 1 is 0.812 bits per heavy atom. The van der Waals surface area contributed by atoms with Crippen molar-refractivity contribution in [2.24, 2.45) is 0 Å². The Hall–Kier alpha value is -3.30. The summed E-state index contributed by atoms with van der Waals surface area (Å²) in [4.78, 5) is 3.59. The highest BCUT2D eigenvalue weighted by Gasteiger charge is 2.44. The Bertz CT molecular complexity index is 1280. The average molecular weight is 463 g/mol. The van der Waals surface area contributed by atoms with Gasteiger partial charge in [0.25, 0.3) is 0 Å². The lowest BCUT2D eigenvalue weighted by atomic mass is 9.98. The van der Waals surface area contributed by atoms with Crippen LogP contribution in [0.25, 0.3) is 22.0 Å². The largest absolute Gasteiger partial charge is 0.522 e. The van der Waals surface area contributed by atoms with Gasteiger partial charge in [0.1, 0.15) is 5.75 Å². The van der Waals surface area contributed by atoms with Crippen LogP contribution in [-0.2, 0) is 23.0 Å². The lowest BCUT2D eigenvalue weighted by molar-refractivity contribution is -0.0510. The number of phenols is 1. The molecule has 9 heteroatoms. The molecule has 0 unspecified atom stereocenters. The minimum Gasteiger partial charge on any atom is -0.508 e. The lowest BCUT2D eigenvalue weighted by Crippen LogP contribution is -2.21. The number of halogens is 3. The fourth-order valence-corrected chi connectivity index (χ4v) is 3.26. The van der Waals surface area contributed by atoms with Gasteiger partial charge in [0, 0.05) is 22.2 Å². The zero-order chi connectivity index (χ0) is 23.4. The third-order valence-corrected chi connectivity index (χ3v) is 5.32. The smallest absolute Gasteiger partial charge is 0.508 e. The van der Waals surface area contributed by atoms with Crippen LogP contribution in [0.5, 0.6) is 5.75 Å². The predicted octanol–water partition coefficient (Wildman–Crippen LogP) is 5.72. The van der Waals surface area contributed by atoms with Gasteiger partial charge >= 0.3 is 15.6 Å². The molecule has 4 aromatic rings. The van der Waals surface area contributed by atoms with Gasteiger partial charge in [-0.05, 0) is 42.2 Å². The number of aromatic amines is 1. The van der Waals surface area contributed by atoms with Crippen molar-refractivity contribution in [2.45, 2.75) is 18.3 Å². The van der Waals surface area contributed by atoms with Gasteiger partial charge in [-0.25, -0.2) is 0 Å². The van der Waals surface area contributed by atoms with Crippen molar-refractivity contribution in [1.82, 2.24) is 4.98 Å². The number of rotatable bonds is 4. The molecule has 0 spiro atoms. The van der Waals surface area contributed by atoms with Crippen molar-refractivity contribution in [2.75, 3.05) is 0 Å². The molecule has 0 atom stereocenters. The van der Waals surface area contributed by atoms with Crippen LogP contribution in [-0.4, -0.2) is 28.6 Å². The molecule has 0 aliphatic carbocycles. The van der Waals surface area contributed by atoms with E-state index in [9.17, 15) is 18.3 Å². The third kappa shape index (κ3) is 5.68. The maximum atomic E-state index is 10.7. The maximum absolute atomic E-state index is 10.7. The van der Waals surface area contributed by atoms with Crippen molar-refractivity contribution in [1.29, 1.82) is 0 Å². The molecular formula is C23H20F3NO4S. The maximum Gasteiger partial charge on any atom is 0.522 e. The number of hydrogen-bond donors (Lipinski definition) is 3. The Kier molecular flexibility index (Phi) is 6.90. The molecule has 3 aromatic carbocycles. The van der Waals surface area contributed by atoms with E-state index in [1.54, 1.807) is 12.1 Å². The molecule has 0 amide bonds. The Labute approximate surface area is 182 Å². The van der Waals surface area contributed by atoms with E-state index < -0.39 is 15.6 Å². The second kappa shape index (κ2) is 9.46. The molecule has 0 bridgehead atoms. The van der Waals surface area contributed by atoms with E-state index in [-0.39, 0.29) is 0 Å². The highest BCUT2D eigenvalue weighted by molar-refractivity contribution is 7.86. The first kappa shape index (κ1) is 23.4. The van der Waals surface area contributed by atoms with Gasteiger partial charge in [-0.15, -0.1) is 0 Å². The van der Waals surface area contributed by atoms with Crippen LogP contribution in [0.3, 0.4) is 0 Å². The summed E-state index contributed by atoms with van der Waals surface area (Å²) >= 11 is 0. The van der Waals surface area contributed by atoms with Gasteiger partial charge in [0.05, 0.1) is 0 Å². The molecule has 0 aliphatic heterocycles. The molecule has 0 saturated heterocycles. The number of aromatic hydroxyl groups is 1. The standard InChI is InChI=1S/C22H19NO.CHF3O3S/c24-18-13-11-17(12-14-18)22-19-8-4-5-9-20(19)23-21(22)15-10-16-6-2-1-3-7-16;2-1(3,4)8(5,6)7/h1-9,11-14,23-24H,10,15H2;(H,5,6,7). The summed E-state index contributed by atoms with van der Waals surface area (Å²) in [7, 11) is -5.84. The van der Waals surface area contributed by atoms with E-state index in [1.165, 1.54) is 22.2 Å². The molecule has 32 heavy (non-hydrogen) atoms. The normalized spacial score (nSPS) is 11.8. The van der Waals surface area contributed by atoms with Crippen LogP contribution in [0.4, 0.5) is 13.2 Å². The molecule has 0 fully saturated rings. The van der Waals surface area contributed by atoms with Crippen LogP contribution >= 0.6 is 0 Å². The topological polar surface area (TPSA) is 90.4 Å². The number of benzene rings is 3. The zero-order valence-corrected chi connectivity index (χ0v) is 17.5. The average Bonchev–Trinajstić information content (AvgIpc) is 3.11. The summed E-state index contributed by atoms with van der Waals surface area (Å²) in [5.74, 6) is 0.296. The monoisotopic (exact) mass is 463 g/mol. The molecule has 0 aliphatic rings. The molecule has 0 saturated carbocycles. The van der Waals surface area contributed by atoms with E-state index >= 15 is 0 Å². The van der Waals surface area contributed by atoms with E-state index in [2.05, 4.69) is 53.5 Å². The van der Waals surface area contributed by atoms with Gasteiger partial charge in [-0.1, -0.05) is 60.7 Å². The highest BCUT2D eigenvalue weighted by Crippen LogP contribution is 2.34. The number of para-hydroxylation sites is 1. The number of phenolic OH excluding ortho intramolecular Hbond substituents is 1. The number of aromatic nitrogens is 1. The number of hydrogen-bond acceptors (Lipinski definition) is 3. The van der Waals surface area contributed by atoms with Crippen molar-refractivity contribution >= 4 is 21.0 Å². The van der Waals surface area contributed by atoms with Gasteiger partial charge < -0.3 is 10.1 Å². The molecule has 5 nitrogen and oxygen atoms in total. The fraction of sp³-hybridized carbons (Fsp3) is 0.130. The second-order valence-electron chi connectivity index (χ2n) is 6.98. The molecule has 168 valence electrons. The van der Waals surface area contributed by atoms with Crippen molar-refractivity contribution in [3.05, 3.63) is 90.1 Å². The summed E-state index contributed by atoms with van der Waals surface area (Å²) in [5.41, 5.74) is 0.574. The van der Waals surface area contributed by atoms with Crippen LogP contribution in [0, 0.1) is 0 Å². The molecule has 4 rings (SSSR count). The SMILES string of the molecule is O=S(=O)(O)C(F)(F)F.Oc1ccc(-c2c(CCc3ccccc3)[nH]c3ccccc23)cc1. The Balaban J connectivity index is 0.000000312. The quantitative estimate of drug-likeness (QED) is 0.267. The minimum absolute atomic E-state index is 0.296. The fourth-order valence-electron chi connectivity index (χ4n) is 3.26. The van der Waals surface area contributed by atoms with Crippen LogP contribution < -0.4 is 0 Å². The van der Waals surface area contributed by atoms with Gasteiger partial charge in [0.2, 0.25) is 0 Å². The highest BCUT2D eigenvalue weighted by atomic mass is 32.2. The summed E-state index contributed by atoms with van der Waals surface area (Å²) < 4.78 is 57.5. The van der Waals surface area contributed by atoms with Crippen LogP contribution in [0.15, 0.2) is 78.9 Å². The number of nitrogens with one attached hydrogen (secondary N) is 1. The first-order valence-electron chi connectivity index (χ1n) is 9.53. The Morgan fingerprint density at radius 2 is 1.38 bits per heavy atom. The Morgan fingerprint density at radius 3 is 1.97 bits per heavy atom. The van der Waals surface area contributed by atoms with Gasteiger partial charge in [-0.2, -0.15) is 21.6 Å². The summed E-state index contributed by atoms with van der Waals surface area (Å²) in [6.07, 6.45) is 1.95. The van der Waals surface area contributed by atoms with E-state index in [0.717, 1.165) is 23.9 Å². The van der Waals surface area contributed by atoms with Gasteiger partial charge in [0.15, 0.2) is 0 Å². The lowest BCUT2D eigenvalue weighted by Gasteiger charge is -2.06. The molecule has 1 aromatic heterocycles. The second-order valence-corrected chi connectivity index (χ2v) is 8.39. The van der Waals surface area contributed by atoms with E-state index in [4.69, 9.17) is 13.0 Å². The van der Waals surface area contributed by atoms with E-state index in [0.29, 0.717) is 5.75 Å². The predicted molar refractivity (Wildman–Crippen MR) is 117 cm³/mol. The zero-order valence-electron chi connectivity index (χ0n) is 16.7. The number of fused-ring (bicyclic) bond motifs is 1. The third-order valence-electron chi connectivity index (χ3n) is 4.74. The molecule has 0 radical (unpaired) electrons. The van der Waals surface area contributed by atoms with Crippen molar-refractivity contribution in [3.63, 3.8) is 0 Å². The first-order chi connectivity index (χ1) is 15.1. The number of H-pyrrole nitrogens is 1. The molecule has 3 N–H and O–H groups in total. The first-order valence-corrected chi connectivity index (χ1v) is 11.0. The summed E-state index contributed by atoms with van der Waals surface area (Å²) in [5, 5.41) is 10.8. The van der Waals surface area contributed by atoms with Crippen molar-refractivity contribution < 1.29 is 31.2 Å². The minimum atomic E-state index is -5.84. The summed E-state index contributed by atoms with van der Waals surface area (Å²) in [6.45, 7) is 0. The number of alkyl halides is 3. The molecular weight excluding hydrogens is 443 g/mol. The van der Waals surface area contributed by atoms with Crippen molar-refractivity contribution in [3.8, 4) is 16.9 Å². The van der Waals surface area contributed by atoms with E-state index in [1.807, 2.05) is 18.2 Å². The summed E-state index contributed by atoms with van der Waals surface area (Å²) in [6, 6.07) is 26.4.